The number of nitrogens with one attached hydrogen (secondary N) is 1. The summed E-state index contributed by atoms with van der Waals surface area (Å²) in [5.74, 6) is -0.817. The molecule has 0 aromatic rings. The van der Waals surface area contributed by atoms with Crippen LogP contribution in [0.3, 0.4) is 0 Å². The number of rotatable bonds is 1. The molecule has 5 N–H and O–H groups in total. The molecule has 1 fully saturated rings. The SMILES string of the molecule is NC1=CC(=O)C(N2CN2)=C(N)C1=O. The number of Topliss-reactive ketones (excluding diaryl/α,β-unsaturated/α-hetero) is 1. The summed E-state index contributed by atoms with van der Waals surface area (Å²) in [6.07, 6.45) is 1.09. The number of allylic oxidation sites excluding steroid dienone is 1. The topological polar surface area (TPSA) is 111 Å². The minimum atomic E-state index is -0.483. The van der Waals surface area contributed by atoms with Crippen LogP contribution in [0, 0.1) is 0 Å². The summed E-state index contributed by atoms with van der Waals surface area (Å²) in [6, 6.07) is 0. The van der Waals surface area contributed by atoms with E-state index in [1.165, 1.54) is 5.01 Å². The van der Waals surface area contributed by atoms with Crippen LogP contribution in [0.2, 0.25) is 0 Å². The molecule has 2 rings (SSSR count). The average molecular weight is 180 g/mol. The van der Waals surface area contributed by atoms with Gasteiger partial charge < -0.3 is 11.5 Å². The number of hydrazine groups is 1. The predicted octanol–water partition coefficient (Wildman–Crippen LogP) is -2.07. The van der Waals surface area contributed by atoms with Gasteiger partial charge in [0.2, 0.25) is 11.6 Å². The van der Waals surface area contributed by atoms with Crippen LogP contribution in [0.5, 0.6) is 0 Å². The first-order valence-corrected chi connectivity index (χ1v) is 3.68. The summed E-state index contributed by atoms with van der Waals surface area (Å²) < 4.78 is 0. The van der Waals surface area contributed by atoms with E-state index in [9.17, 15) is 9.59 Å². The zero-order chi connectivity index (χ0) is 9.59. The standard InChI is InChI=1S/C7H8N4O2/c8-3-1-4(12)6(11-2-10-11)5(9)7(3)13/h1,10H,2,8-9H2. The highest BCUT2D eigenvalue weighted by atomic mass is 16.1. The molecule has 0 unspecified atom stereocenters. The van der Waals surface area contributed by atoms with Gasteiger partial charge in [0.1, 0.15) is 18.1 Å². The van der Waals surface area contributed by atoms with Gasteiger partial charge in [-0.15, -0.1) is 0 Å². The smallest absolute Gasteiger partial charge is 0.226 e. The molecule has 0 aromatic carbocycles. The summed E-state index contributed by atoms with van der Waals surface area (Å²) in [6.45, 7) is 0.531. The van der Waals surface area contributed by atoms with Crippen molar-refractivity contribution in [2.45, 2.75) is 0 Å². The Kier molecular flexibility index (Phi) is 1.40. The minimum Gasteiger partial charge on any atom is -0.395 e. The van der Waals surface area contributed by atoms with E-state index in [4.69, 9.17) is 11.5 Å². The molecule has 0 spiro atoms. The first-order valence-electron chi connectivity index (χ1n) is 3.68. The maximum atomic E-state index is 11.3. The molecule has 0 aromatic heterocycles. The summed E-state index contributed by atoms with van der Waals surface area (Å²) in [5.41, 5.74) is 13.5. The molecule has 2 aliphatic rings. The third-order valence-electron chi connectivity index (χ3n) is 1.87. The lowest BCUT2D eigenvalue weighted by Crippen LogP contribution is -2.31. The fraction of sp³-hybridized carbons (Fsp3) is 0.143. The molecule has 1 aliphatic heterocycles. The molecule has 1 saturated heterocycles. The van der Waals surface area contributed by atoms with Crippen molar-refractivity contribution in [3.63, 3.8) is 0 Å². The van der Waals surface area contributed by atoms with E-state index in [-0.39, 0.29) is 22.9 Å². The largest absolute Gasteiger partial charge is 0.395 e. The Balaban J connectivity index is 2.43. The molecule has 0 radical (unpaired) electrons. The molecule has 0 amide bonds. The zero-order valence-electron chi connectivity index (χ0n) is 6.70. The second-order valence-corrected chi connectivity index (χ2v) is 2.80. The van der Waals surface area contributed by atoms with Crippen molar-refractivity contribution in [3.05, 3.63) is 23.2 Å². The Morgan fingerprint density at radius 1 is 1.38 bits per heavy atom. The third-order valence-corrected chi connectivity index (χ3v) is 1.87. The van der Waals surface area contributed by atoms with Gasteiger partial charge >= 0.3 is 0 Å². The van der Waals surface area contributed by atoms with Gasteiger partial charge in [0.25, 0.3) is 0 Å². The third kappa shape index (κ3) is 1.07. The van der Waals surface area contributed by atoms with Gasteiger partial charge in [-0.05, 0) is 0 Å². The zero-order valence-corrected chi connectivity index (χ0v) is 6.70. The summed E-state index contributed by atoms with van der Waals surface area (Å²) >= 11 is 0. The first-order chi connectivity index (χ1) is 6.11. The molecule has 0 atom stereocenters. The van der Waals surface area contributed by atoms with Crippen molar-refractivity contribution in [1.29, 1.82) is 0 Å². The number of carbonyl (C=O) groups excluding carboxylic acids is 2. The fourth-order valence-electron chi connectivity index (χ4n) is 1.14. The predicted molar refractivity (Wildman–Crippen MR) is 43.3 cm³/mol. The van der Waals surface area contributed by atoms with Crippen molar-refractivity contribution in [2.24, 2.45) is 11.5 Å². The van der Waals surface area contributed by atoms with Crippen LogP contribution in [0.15, 0.2) is 23.2 Å². The van der Waals surface area contributed by atoms with E-state index in [0.29, 0.717) is 6.67 Å². The molecule has 1 heterocycles. The van der Waals surface area contributed by atoms with Crippen molar-refractivity contribution >= 4 is 11.6 Å². The van der Waals surface area contributed by atoms with Crippen LogP contribution in [-0.2, 0) is 9.59 Å². The lowest BCUT2D eigenvalue weighted by molar-refractivity contribution is -0.116. The van der Waals surface area contributed by atoms with E-state index in [1.807, 2.05) is 0 Å². The van der Waals surface area contributed by atoms with Gasteiger partial charge in [0.15, 0.2) is 0 Å². The molecule has 1 aliphatic carbocycles. The maximum Gasteiger partial charge on any atom is 0.226 e. The van der Waals surface area contributed by atoms with Gasteiger partial charge in [-0.25, -0.2) is 5.43 Å². The van der Waals surface area contributed by atoms with Crippen molar-refractivity contribution in [2.75, 3.05) is 6.67 Å². The van der Waals surface area contributed by atoms with Crippen LogP contribution >= 0.6 is 0 Å². The highest BCUT2D eigenvalue weighted by molar-refractivity contribution is 6.21. The molecular weight excluding hydrogens is 172 g/mol. The number of ketones is 2. The monoisotopic (exact) mass is 180 g/mol. The van der Waals surface area contributed by atoms with E-state index in [2.05, 4.69) is 5.43 Å². The van der Waals surface area contributed by atoms with Crippen LogP contribution in [0.25, 0.3) is 0 Å². The maximum absolute atomic E-state index is 11.3. The number of hydrogen-bond acceptors (Lipinski definition) is 6. The Morgan fingerprint density at radius 3 is 2.54 bits per heavy atom. The van der Waals surface area contributed by atoms with Crippen LogP contribution in [0.1, 0.15) is 0 Å². The molecule has 6 nitrogen and oxygen atoms in total. The highest BCUT2D eigenvalue weighted by Gasteiger charge is 2.33. The van der Waals surface area contributed by atoms with E-state index < -0.39 is 5.78 Å². The average Bonchev–Trinajstić information content (AvgIpc) is 2.84. The Bertz CT molecular complexity index is 365. The van der Waals surface area contributed by atoms with Crippen molar-refractivity contribution in [1.82, 2.24) is 10.4 Å². The Morgan fingerprint density at radius 2 is 2.00 bits per heavy atom. The first kappa shape index (κ1) is 7.81. The normalized spacial score (nSPS) is 22.2. The van der Waals surface area contributed by atoms with Gasteiger partial charge in [0, 0.05) is 6.08 Å². The minimum absolute atomic E-state index is 0.0880. The second-order valence-electron chi connectivity index (χ2n) is 2.80. The van der Waals surface area contributed by atoms with Crippen LogP contribution < -0.4 is 16.9 Å². The van der Waals surface area contributed by atoms with E-state index >= 15 is 0 Å². The van der Waals surface area contributed by atoms with Gasteiger partial charge in [-0.1, -0.05) is 0 Å². The molecule has 68 valence electrons. The summed E-state index contributed by atoms with van der Waals surface area (Å²) in [4.78, 5) is 22.5. The second kappa shape index (κ2) is 2.33. The molecule has 0 saturated carbocycles. The molecule has 0 bridgehead atoms. The Hall–Kier alpha value is -1.82. The quantitative estimate of drug-likeness (QED) is 0.315. The Labute approximate surface area is 73.8 Å². The molecule has 13 heavy (non-hydrogen) atoms. The number of nitrogens with zero attached hydrogens (tertiary/aromatic N) is 1. The number of nitrogens with two attached hydrogens (primary N) is 2. The fourth-order valence-corrected chi connectivity index (χ4v) is 1.14. The van der Waals surface area contributed by atoms with E-state index in [0.717, 1.165) is 6.08 Å². The number of carbonyl (C=O) groups is 2. The van der Waals surface area contributed by atoms with Crippen molar-refractivity contribution < 1.29 is 9.59 Å². The number of hydrogen-bond donors (Lipinski definition) is 3. The van der Waals surface area contributed by atoms with Gasteiger partial charge in [0.05, 0.1) is 5.70 Å². The molecule has 6 heteroatoms. The molecular formula is C7H8N4O2. The van der Waals surface area contributed by atoms with Gasteiger partial charge in [-0.2, -0.15) is 0 Å². The van der Waals surface area contributed by atoms with Crippen LogP contribution in [-0.4, -0.2) is 23.2 Å². The summed E-state index contributed by atoms with van der Waals surface area (Å²) in [5, 5.41) is 1.50. The highest BCUT2D eigenvalue weighted by Crippen LogP contribution is 2.18. The van der Waals surface area contributed by atoms with Crippen LogP contribution in [0.4, 0.5) is 0 Å². The lowest BCUT2D eigenvalue weighted by Gasteiger charge is -2.13. The summed E-state index contributed by atoms with van der Waals surface area (Å²) in [7, 11) is 0. The van der Waals surface area contributed by atoms with Gasteiger partial charge in [-0.3, -0.25) is 14.6 Å². The van der Waals surface area contributed by atoms with E-state index in [1.54, 1.807) is 0 Å². The van der Waals surface area contributed by atoms with Crippen molar-refractivity contribution in [3.8, 4) is 0 Å². The lowest BCUT2D eigenvalue weighted by atomic mass is 10.0.